The summed E-state index contributed by atoms with van der Waals surface area (Å²) in [6.45, 7) is 0. The van der Waals surface area contributed by atoms with Crippen molar-refractivity contribution >= 4 is 37.3 Å². The number of rotatable bonds is 1. The van der Waals surface area contributed by atoms with Gasteiger partial charge in [-0.15, -0.1) is 0 Å². The van der Waals surface area contributed by atoms with Gasteiger partial charge in [0.1, 0.15) is 0 Å². The molecule has 0 saturated carbocycles. The molecule has 0 heterocycles. The average molecular weight is 237 g/mol. The van der Waals surface area contributed by atoms with E-state index in [0.29, 0.717) is 10.0 Å². The van der Waals surface area contributed by atoms with Crippen molar-refractivity contribution in [3.05, 3.63) is 29.6 Å². The molecule has 0 aliphatic heterocycles. The average Bonchev–Trinajstić information content (AvgIpc) is 1.85. The van der Waals surface area contributed by atoms with E-state index >= 15 is 0 Å². The summed E-state index contributed by atoms with van der Waals surface area (Å²) in [5.41, 5.74) is 0.299. The zero-order chi connectivity index (χ0) is 8.43. The van der Waals surface area contributed by atoms with Crippen molar-refractivity contribution in [3.63, 3.8) is 0 Å². The van der Waals surface area contributed by atoms with Crippen LogP contribution in [0.25, 0.3) is 0 Å². The molecule has 57 valence electrons. The number of benzene rings is 1. The van der Waals surface area contributed by atoms with Crippen LogP contribution in [-0.4, -0.2) is 21.3 Å². The number of hydrogen-bond donors (Lipinski definition) is 0. The fourth-order valence-electron chi connectivity index (χ4n) is 0.659. The van der Waals surface area contributed by atoms with E-state index in [4.69, 9.17) is 11.6 Å². The van der Waals surface area contributed by atoms with Crippen LogP contribution in [0, 0.1) is 5.82 Å². The second-order valence-electron chi connectivity index (χ2n) is 1.91. The Hall–Kier alpha value is -0.371. The fourth-order valence-corrected chi connectivity index (χ4v) is 1.52. The van der Waals surface area contributed by atoms with E-state index < -0.39 is 5.24 Å². The maximum atomic E-state index is 12.4. The molecule has 0 spiro atoms. The molecule has 0 aliphatic rings. The Morgan fingerprint density at radius 2 is 2.18 bits per heavy atom. The molecule has 0 unspecified atom stereocenters. The normalized spacial score (nSPS) is 9.64. The van der Waals surface area contributed by atoms with Crippen LogP contribution in [0.2, 0.25) is 0 Å². The zero-order valence-electron chi connectivity index (χ0n) is 5.30. The van der Waals surface area contributed by atoms with E-state index in [2.05, 4.69) is 16.0 Å². The summed E-state index contributed by atoms with van der Waals surface area (Å²) in [6, 6.07) is 3.75. The van der Waals surface area contributed by atoms with Crippen LogP contribution in [-0.2, 0) is 0 Å². The molecule has 0 bridgehead atoms. The Labute approximate surface area is 76.4 Å². The number of carbonyl (C=O) groups excluding carboxylic acids is 1. The van der Waals surface area contributed by atoms with E-state index in [1.807, 2.05) is 0 Å². The van der Waals surface area contributed by atoms with E-state index in [9.17, 15) is 9.18 Å². The van der Waals surface area contributed by atoms with Gasteiger partial charge in [0.05, 0.1) is 0 Å². The monoisotopic (exact) mass is 237 g/mol. The molecule has 1 rings (SSSR count). The van der Waals surface area contributed by atoms with E-state index in [1.54, 1.807) is 0 Å². The quantitative estimate of drug-likeness (QED) is 0.525. The summed E-state index contributed by atoms with van der Waals surface area (Å²) < 4.78 is 12.9. The maximum absolute atomic E-state index is 12.4. The van der Waals surface area contributed by atoms with Crippen molar-refractivity contribution in [2.45, 2.75) is 0 Å². The summed E-state index contributed by atoms with van der Waals surface area (Å²) in [4.78, 5) is 10.6. The van der Waals surface area contributed by atoms with Gasteiger partial charge in [-0.3, -0.25) is 0 Å². The van der Waals surface area contributed by atoms with Gasteiger partial charge in [-0.05, 0) is 0 Å². The molecule has 4 heteroatoms. The molecule has 1 aromatic carbocycles. The van der Waals surface area contributed by atoms with Crippen LogP contribution in [0.1, 0.15) is 10.4 Å². The van der Waals surface area contributed by atoms with Gasteiger partial charge in [0.2, 0.25) is 0 Å². The summed E-state index contributed by atoms with van der Waals surface area (Å²) in [5, 5.41) is -0.584. The van der Waals surface area contributed by atoms with E-state index in [0.717, 1.165) is 0 Å². The summed E-state index contributed by atoms with van der Waals surface area (Å²) in [5.74, 6) is -0.389. The van der Waals surface area contributed by atoms with Gasteiger partial charge in [0.15, 0.2) is 0 Å². The van der Waals surface area contributed by atoms with Crippen LogP contribution in [0.15, 0.2) is 18.2 Å². The molecule has 0 fully saturated rings. The van der Waals surface area contributed by atoms with Crippen molar-refractivity contribution in [2.75, 3.05) is 0 Å². The summed E-state index contributed by atoms with van der Waals surface area (Å²) >= 11 is 7.73. The molecule has 0 amide bonds. The first kappa shape index (κ1) is 8.72. The van der Waals surface area contributed by atoms with Crippen LogP contribution >= 0.6 is 11.6 Å². The molecule has 0 atom stereocenters. The van der Waals surface area contributed by atoms with Crippen molar-refractivity contribution in [3.8, 4) is 0 Å². The zero-order valence-corrected chi connectivity index (χ0v) is 7.77. The van der Waals surface area contributed by atoms with Gasteiger partial charge in [0.25, 0.3) is 0 Å². The Balaban J connectivity index is 3.20. The molecule has 0 N–H and O–H groups in total. The number of hydrogen-bond acceptors (Lipinski definition) is 1. The summed E-state index contributed by atoms with van der Waals surface area (Å²) in [6.07, 6.45) is 0. The van der Waals surface area contributed by atoms with Gasteiger partial charge in [0, 0.05) is 0 Å². The SMILES string of the molecule is O=C(Cl)c1ccc(F)cc1[Se]. The first-order valence-corrected chi connectivity index (χ1v) is 4.01. The van der Waals surface area contributed by atoms with Crippen molar-refractivity contribution in [1.29, 1.82) is 0 Å². The molecule has 1 aromatic rings. The van der Waals surface area contributed by atoms with E-state index in [1.165, 1.54) is 18.2 Å². The summed E-state index contributed by atoms with van der Waals surface area (Å²) in [7, 11) is 0. The number of halogens is 2. The molecule has 0 aliphatic carbocycles. The Bertz CT molecular complexity index is 300. The standard InChI is InChI=1S/C7H3ClFOSe/c8-7(10)5-2-1-4(9)3-6(5)11/h1-3H. The van der Waals surface area contributed by atoms with Gasteiger partial charge >= 0.3 is 76.1 Å². The minimum atomic E-state index is -0.584. The first-order valence-electron chi connectivity index (χ1n) is 2.77. The molecule has 11 heavy (non-hydrogen) atoms. The van der Waals surface area contributed by atoms with Gasteiger partial charge in [-0.2, -0.15) is 0 Å². The van der Waals surface area contributed by atoms with Crippen LogP contribution < -0.4 is 4.46 Å². The fraction of sp³-hybridized carbons (Fsp3) is 0. The van der Waals surface area contributed by atoms with Crippen LogP contribution in [0.5, 0.6) is 0 Å². The molecule has 0 aromatic heterocycles. The van der Waals surface area contributed by atoms with Gasteiger partial charge in [-0.25, -0.2) is 0 Å². The molecule has 1 radical (unpaired) electrons. The molecular formula is C7H3ClFOSe. The van der Waals surface area contributed by atoms with Crippen molar-refractivity contribution in [1.82, 2.24) is 0 Å². The van der Waals surface area contributed by atoms with Crippen LogP contribution in [0.4, 0.5) is 4.39 Å². The number of carbonyl (C=O) groups is 1. The molecular weight excluding hydrogens is 233 g/mol. The molecule has 1 nitrogen and oxygen atoms in total. The Morgan fingerprint density at radius 1 is 1.55 bits per heavy atom. The third-order valence-electron chi connectivity index (χ3n) is 1.16. The first-order chi connectivity index (χ1) is 5.11. The third-order valence-corrected chi connectivity index (χ3v) is 2.07. The van der Waals surface area contributed by atoms with Gasteiger partial charge in [-0.1, -0.05) is 0 Å². The van der Waals surface area contributed by atoms with Crippen LogP contribution in [0.3, 0.4) is 0 Å². The third kappa shape index (κ3) is 2.03. The predicted molar refractivity (Wildman–Crippen MR) is 42.0 cm³/mol. The van der Waals surface area contributed by atoms with E-state index in [-0.39, 0.29) is 5.82 Å². The van der Waals surface area contributed by atoms with Crippen molar-refractivity contribution < 1.29 is 9.18 Å². The Morgan fingerprint density at radius 3 is 2.64 bits per heavy atom. The van der Waals surface area contributed by atoms with Gasteiger partial charge < -0.3 is 0 Å². The second kappa shape index (κ2) is 3.35. The molecule has 0 saturated heterocycles. The second-order valence-corrected chi connectivity index (χ2v) is 3.18. The van der Waals surface area contributed by atoms with Crippen molar-refractivity contribution in [2.24, 2.45) is 0 Å². The topological polar surface area (TPSA) is 17.1 Å². The Kier molecular flexibility index (Phi) is 2.66. The minimum absolute atomic E-state index is 0.299. The predicted octanol–water partition coefficient (Wildman–Crippen LogP) is 0.998.